The topological polar surface area (TPSA) is 63.7 Å². The van der Waals surface area contributed by atoms with Gasteiger partial charge >= 0.3 is 0 Å². The van der Waals surface area contributed by atoms with E-state index in [4.69, 9.17) is 4.74 Å². The van der Waals surface area contributed by atoms with Gasteiger partial charge in [0.1, 0.15) is 5.75 Å². The van der Waals surface area contributed by atoms with E-state index in [1.165, 1.54) is 0 Å². The first-order valence-electron chi connectivity index (χ1n) is 6.58. The van der Waals surface area contributed by atoms with E-state index in [0.29, 0.717) is 26.3 Å². The predicted octanol–water partition coefficient (Wildman–Crippen LogP) is 0.670. The number of sulfone groups is 1. The second-order valence-corrected chi connectivity index (χ2v) is 6.99. The van der Waals surface area contributed by atoms with Crippen LogP contribution in [0, 0.1) is 6.92 Å². The van der Waals surface area contributed by atoms with Gasteiger partial charge in [-0.1, -0.05) is 17.7 Å². The highest BCUT2D eigenvalue weighted by Crippen LogP contribution is 2.12. The van der Waals surface area contributed by atoms with Crippen molar-refractivity contribution in [3.8, 4) is 0 Å². The summed E-state index contributed by atoms with van der Waals surface area (Å²) < 4.78 is 29.5. The first-order valence-corrected chi connectivity index (χ1v) is 8.24. The maximum absolute atomic E-state index is 12.1. The molecule has 20 heavy (non-hydrogen) atoms. The van der Waals surface area contributed by atoms with Crippen molar-refractivity contribution in [3.05, 3.63) is 29.8 Å². The highest BCUT2D eigenvalue weighted by molar-refractivity contribution is 7.92. The number of nitrogens with zero attached hydrogens (tertiary/aromatic N) is 1. The average Bonchev–Trinajstić information content (AvgIpc) is 2.39. The molecule has 0 aliphatic carbocycles. The third kappa shape index (κ3) is 4.13. The minimum atomic E-state index is -3.53. The number of ketones is 1. The van der Waals surface area contributed by atoms with Crippen LogP contribution in [0.15, 0.2) is 29.2 Å². The predicted molar refractivity (Wildman–Crippen MR) is 75.5 cm³/mol. The molecule has 1 aromatic rings. The summed E-state index contributed by atoms with van der Waals surface area (Å²) in [5.41, 5.74) is 0.989. The van der Waals surface area contributed by atoms with Crippen molar-refractivity contribution in [2.24, 2.45) is 0 Å². The average molecular weight is 297 g/mol. The van der Waals surface area contributed by atoms with Crippen LogP contribution >= 0.6 is 0 Å². The lowest BCUT2D eigenvalue weighted by molar-refractivity contribution is -0.118. The zero-order valence-corrected chi connectivity index (χ0v) is 12.4. The number of hydrogen-bond donors (Lipinski definition) is 0. The summed E-state index contributed by atoms with van der Waals surface area (Å²) in [4.78, 5) is 14.0. The minimum Gasteiger partial charge on any atom is -0.379 e. The molecule has 5 nitrogen and oxygen atoms in total. The number of ether oxygens (including phenoxy) is 1. The number of benzene rings is 1. The van der Waals surface area contributed by atoms with E-state index in [2.05, 4.69) is 0 Å². The number of carbonyl (C=O) groups is 1. The third-order valence-corrected chi connectivity index (χ3v) is 4.93. The van der Waals surface area contributed by atoms with E-state index in [1.54, 1.807) is 24.3 Å². The van der Waals surface area contributed by atoms with Gasteiger partial charge in [-0.3, -0.25) is 9.69 Å². The molecule has 0 saturated carbocycles. The highest BCUT2D eigenvalue weighted by Gasteiger charge is 2.21. The molecule has 0 unspecified atom stereocenters. The van der Waals surface area contributed by atoms with Crippen molar-refractivity contribution in [1.82, 2.24) is 4.90 Å². The lowest BCUT2D eigenvalue weighted by Crippen LogP contribution is -2.40. The molecule has 2 rings (SSSR count). The van der Waals surface area contributed by atoms with Gasteiger partial charge in [0, 0.05) is 13.1 Å². The fourth-order valence-electron chi connectivity index (χ4n) is 2.10. The first kappa shape index (κ1) is 15.2. The number of rotatable bonds is 5. The van der Waals surface area contributed by atoms with Gasteiger partial charge in [-0.15, -0.1) is 0 Å². The van der Waals surface area contributed by atoms with Crippen LogP contribution in [-0.2, 0) is 19.4 Å². The zero-order valence-electron chi connectivity index (χ0n) is 11.5. The van der Waals surface area contributed by atoms with E-state index in [9.17, 15) is 13.2 Å². The summed E-state index contributed by atoms with van der Waals surface area (Å²) in [5.74, 6) is -0.708. The van der Waals surface area contributed by atoms with Crippen molar-refractivity contribution in [3.63, 3.8) is 0 Å². The number of aryl methyl sites for hydroxylation is 1. The van der Waals surface area contributed by atoms with Gasteiger partial charge in [0.05, 0.1) is 24.7 Å². The Bertz CT molecular complexity index is 559. The molecule has 1 aliphatic rings. The molecule has 0 radical (unpaired) electrons. The quantitative estimate of drug-likeness (QED) is 0.799. The fourth-order valence-corrected chi connectivity index (χ4v) is 3.33. The van der Waals surface area contributed by atoms with Gasteiger partial charge in [-0.05, 0) is 19.1 Å². The van der Waals surface area contributed by atoms with Gasteiger partial charge < -0.3 is 4.74 Å². The van der Waals surface area contributed by atoms with Crippen molar-refractivity contribution >= 4 is 15.6 Å². The van der Waals surface area contributed by atoms with Crippen LogP contribution in [0.5, 0.6) is 0 Å². The maximum atomic E-state index is 12.1. The molecule has 110 valence electrons. The number of morpholine rings is 1. The van der Waals surface area contributed by atoms with Gasteiger partial charge in [-0.2, -0.15) is 0 Å². The molecular weight excluding hydrogens is 278 g/mol. The molecule has 0 spiro atoms. The molecule has 0 amide bonds. The molecule has 0 bridgehead atoms. The van der Waals surface area contributed by atoms with Crippen molar-refractivity contribution in [1.29, 1.82) is 0 Å². The van der Waals surface area contributed by atoms with E-state index in [-0.39, 0.29) is 17.2 Å². The molecule has 1 heterocycles. The maximum Gasteiger partial charge on any atom is 0.185 e. The Morgan fingerprint density at radius 3 is 2.40 bits per heavy atom. The Kier molecular flexibility index (Phi) is 4.91. The van der Waals surface area contributed by atoms with Crippen LogP contribution in [0.4, 0.5) is 0 Å². The number of carbonyl (C=O) groups excluding carboxylic acids is 1. The molecule has 1 aliphatic heterocycles. The summed E-state index contributed by atoms with van der Waals surface area (Å²) in [7, 11) is -3.53. The van der Waals surface area contributed by atoms with Crippen LogP contribution in [-0.4, -0.2) is 57.7 Å². The summed E-state index contributed by atoms with van der Waals surface area (Å²) in [5, 5.41) is 0. The molecule has 0 atom stereocenters. The second kappa shape index (κ2) is 6.47. The first-order chi connectivity index (χ1) is 9.47. The zero-order chi connectivity index (χ0) is 14.6. The lowest BCUT2D eigenvalue weighted by Gasteiger charge is -2.25. The van der Waals surface area contributed by atoms with Gasteiger partial charge in [-0.25, -0.2) is 8.42 Å². The monoisotopic (exact) mass is 297 g/mol. The number of Topliss-reactive ketones (excluding diaryl/α,β-unsaturated/α-hetero) is 1. The third-order valence-electron chi connectivity index (χ3n) is 3.23. The number of hydrogen-bond acceptors (Lipinski definition) is 5. The normalized spacial score (nSPS) is 17.1. The Morgan fingerprint density at radius 2 is 1.80 bits per heavy atom. The van der Waals surface area contributed by atoms with Crippen LogP contribution < -0.4 is 0 Å². The Labute approximate surface area is 119 Å². The summed E-state index contributed by atoms with van der Waals surface area (Å²) >= 11 is 0. The van der Waals surface area contributed by atoms with Gasteiger partial charge in [0.15, 0.2) is 15.6 Å². The molecule has 0 N–H and O–H groups in total. The van der Waals surface area contributed by atoms with E-state index >= 15 is 0 Å². The Hall–Kier alpha value is -1.24. The second-order valence-electron chi connectivity index (χ2n) is 5.00. The smallest absolute Gasteiger partial charge is 0.185 e. The van der Waals surface area contributed by atoms with Crippen LogP contribution in [0.1, 0.15) is 5.56 Å². The molecule has 1 saturated heterocycles. The Balaban J connectivity index is 1.97. The van der Waals surface area contributed by atoms with Gasteiger partial charge in [0.25, 0.3) is 0 Å². The highest BCUT2D eigenvalue weighted by atomic mass is 32.2. The van der Waals surface area contributed by atoms with Crippen LogP contribution in [0.3, 0.4) is 0 Å². The van der Waals surface area contributed by atoms with Crippen molar-refractivity contribution < 1.29 is 17.9 Å². The fraction of sp³-hybridized carbons (Fsp3) is 0.500. The van der Waals surface area contributed by atoms with E-state index in [0.717, 1.165) is 5.56 Å². The standard InChI is InChI=1S/C14H19NO4S/c1-12-2-4-14(5-3-12)20(17,18)11-13(16)10-15-6-8-19-9-7-15/h2-5H,6-11H2,1H3. The summed E-state index contributed by atoms with van der Waals surface area (Å²) in [6.07, 6.45) is 0. The van der Waals surface area contributed by atoms with Crippen LogP contribution in [0.25, 0.3) is 0 Å². The van der Waals surface area contributed by atoms with Crippen molar-refractivity contribution in [2.75, 3.05) is 38.6 Å². The van der Waals surface area contributed by atoms with Crippen molar-refractivity contribution in [2.45, 2.75) is 11.8 Å². The van der Waals surface area contributed by atoms with E-state index in [1.807, 2.05) is 11.8 Å². The molecule has 0 aromatic heterocycles. The van der Waals surface area contributed by atoms with Gasteiger partial charge in [0.2, 0.25) is 0 Å². The molecule has 1 aromatic carbocycles. The molecular formula is C14H19NO4S. The SMILES string of the molecule is Cc1ccc(S(=O)(=O)CC(=O)CN2CCOCC2)cc1. The molecule has 6 heteroatoms. The van der Waals surface area contributed by atoms with E-state index < -0.39 is 15.6 Å². The summed E-state index contributed by atoms with van der Waals surface area (Å²) in [6.45, 7) is 4.61. The summed E-state index contributed by atoms with van der Waals surface area (Å²) in [6, 6.07) is 6.57. The minimum absolute atomic E-state index is 0.175. The largest absolute Gasteiger partial charge is 0.379 e. The lowest BCUT2D eigenvalue weighted by atomic mass is 10.2. The van der Waals surface area contributed by atoms with Crippen LogP contribution in [0.2, 0.25) is 0 Å². The molecule has 1 fully saturated rings. The Morgan fingerprint density at radius 1 is 1.20 bits per heavy atom.